The molecule has 16 nitrogen and oxygen atoms in total. The minimum absolute atomic E-state index is 0.0184. The molecule has 5 amide bonds. The smallest absolute Gasteiger partial charge is 0.489 e. The monoisotopic (exact) mass is 935 g/mol. The van der Waals surface area contributed by atoms with Crippen LogP contribution in [0.2, 0.25) is 5.02 Å². The highest BCUT2D eigenvalue weighted by Gasteiger charge is 2.64. The van der Waals surface area contributed by atoms with Crippen LogP contribution in [0.25, 0.3) is 0 Å². The average molecular weight is 937 g/mol. The largest absolute Gasteiger partial charge is 0.510 e. The van der Waals surface area contributed by atoms with Crippen molar-refractivity contribution in [2.75, 3.05) is 62.3 Å². The standard InChI is InChI=1S/C50H58ClN7O9/c1-30(2)66-48(64)65-29-57-41(59)16-15-40(45(57)63)58-43(61)37-14-12-35(25-38(37)44(58)62)56-23-21-54(22-24-56)28-31-17-19-55(20-18-31)34-10-7-32(8-11-34)42(60)53-46-49(3,4)47(50(46,5)6)67-36-13-9-33(27-52)39(51)26-36/h7-14,25-26,30-31,40,46-47H,15-24,28-29H2,1-6H3,(H,53,60). The van der Waals surface area contributed by atoms with E-state index in [2.05, 4.69) is 53.8 Å². The maximum atomic E-state index is 13.7. The van der Waals surface area contributed by atoms with Gasteiger partial charge in [0.2, 0.25) is 5.91 Å². The molecule has 1 aliphatic carbocycles. The maximum Gasteiger partial charge on any atom is 0.510 e. The number of amides is 5. The summed E-state index contributed by atoms with van der Waals surface area (Å²) in [6.07, 6.45) is 0.298. The molecule has 5 aliphatic rings. The second-order valence-corrected chi connectivity index (χ2v) is 20.1. The molecule has 0 aromatic heterocycles. The third-order valence-electron chi connectivity index (χ3n) is 14.1. The van der Waals surface area contributed by atoms with Gasteiger partial charge < -0.3 is 29.3 Å². The summed E-state index contributed by atoms with van der Waals surface area (Å²) in [4.78, 5) is 87.5. The normalized spacial score (nSPS) is 22.9. The lowest BCUT2D eigenvalue weighted by molar-refractivity contribution is -0.164. The lowest BCUT2D eigenvalue weighted by Gasteiger charge is -2.63. The Morgan fingerprint density at radius 3 is 2.10 bits per heavy atom. The van der Waals surface area contributed by atoms with E-state index in [9.17, 15) is 34.0 Å². The second-order valence-electron chi connectivity index (χ2n) is 19.7. The van der Waals surface area contributed by atoms with E-state index in [1.165, 1.54) is 0 Å². The number of carbonyl (C=O) groups excluding carboxylic acids is 6. The first-order valence-corrected chi connectivity index (χ1v) is 23.4. The molecule has 1 N–H and O–H groups in total. The summed E-state index contributed by atoms with van der Waals surface area (Å²) in [6.45, 7) is 17.0. The first-order valence-electron chi connectivity index (χ1n) is 23.1. The number of hydrogen-bond donors (Lipinski definition) is 1. The molecule has 1 atom stereocenters. The van der Waals surface area contributed by atoms with Crippen LogP contribution in [0.5, 0.6) is 5.75 Å². The molecular formula is C50H58ClN7O9. The van der Waals surface area contributed by atoms with Crippen molar-refractivity contribution < 1.29 is 43.0 Å². The third kappa shape index (κ3) is 9.41. The molecule has 0 spiro atoms. The number of nitrogens with zero attached hydrogens (tertiary/aromatic N) is 6. The summed E-state index contributed by atoms with van der Waals surface area (Å²) in [6, 6.07) is 18.8. The van der Waals surface area contributed by atoms with Crippen LogP contribution in [0.3, 0.4) is 0 Å². The molecule has 0 bridgehead atoms. The van der Waals surface area contributed by atoms with Crippen LogP contribution in [-0.2, 0) is 19.1 Å². The SMILES string of the molecule is CC(C)OC(=O)OCN1C(=O)CCC(N2C(=O)c3ccc(N4CCN(CC5CCN(c6ccc(C(=O)NC7C(C)(C)C(Oc8ccc(C#N)c(Cl)c8)C7(C)C)cc6)CC5)CC4)cc3C2=O)C1=O. The molecule has 1 saturated carbocycles. The number of piperidine rings is 2. The van der Waals surface area contributed by atoms with Crippen molar-refractivity contribution in [1.29, 1.82) is 5.26 Å². The lowest BCUT2D eigenvalue weighted by atomic mass is 9.49. The van der Waals surface area contributed by atoms with Crippen LogP contribution < -0.4 is 19.9 Å². The summed E-state index contributed by atoms with van der Waals surface area (Å²) in [7, 11) is 0. The van der Waals surface area contributed by atoms with Crippen molar-refractivity contribution in [1.82, 2.24) is 20.0 Å². The van der Waals surface area contributed by atoms with Crippen LogP contribution in [0.1, 0.15) is 104 Å². The van der Waals surface area contributed by atoms with Gasteiger partial charge in [-0.25, -0.2) is 9.69 Å². The molecule has 1 unspecified atom stereocenters. The Kier molecular flexibility index (Phi) is 13.3. The van der Waals surface area contributed by atoms with Gasteiger partial charge in [0, 0.05) is 92.1 Å². The van der Waals surface area contributed by atoms with Gasteiger partial charge in [-0.15, -0.1) is 0 Å². The second kappa shape index (κ2) is 18.8. The van der Waals surface area contributed by atoms with E-state index in [-0.39, 0.29) is 52.9 Å². The number of halogens is 1. The third-order valence-corrected chi connectivity index (χ3v) is 14.4. The van der Waals surface area contributed by atoms with Gasteiger partial charge in [0.05, 0.1) is 27.8 Å². The Hall–Kier alpha value is -6.18. The molecule has 0 radical (unpaired) electrons. The predicted octanol–water partition coefficient (Wildman–Crippen LogP) is 6.49. The van der Waals surface area contributed by atoms with Crippen molar-refractivity contribution in [3.05, 3.63) is 87.9 Å². The van der Waals surface area contributed by atoms with E-state index < -0.39 is 48.7 Å². The number of nitrogens with one attached hydrogen (secondary N) is 1. The number of likely N-dealkylation sites (tertiary alicyclic amines) is 1. The number of fused-ring (bicyclic) bond motifs is 1. The Bertz CT molecular complexity index is 2470. The number of imide groups is 2. The topological polar surface area (TPSA) is 182 Å². The number of anilines is 2. The summed E-state index contributed by atoms with van der Waals surface area (Å²) in [5, 5.41) is 12.9. The number of benzene rings is 3. The molecule has 8 rings (SSSR count). The van der Waals surface area contributed by atoms with Crippen LogP contribution in [0, 0.1) is 28.1 Å². The zero-order chi connectivity index (χ0) is 47.9. The van der Waals surface area contributed by atoms with Crippen molar-refractivity contribution >= 4 is 58.7 Å². The molecule has 4 heterocycles. The van der Waals surface area contributed by atoms with Crippen molar-refractivity contribution in [2.24, 2.45) is 16.7 Å². The molecule has 3 aromatic rings. The van der Waals surface area contributed by atoms with Crippen molar-refractivity contribution in [3.63, 3.8) is 0 Å². The first-order chi connectivity index (χ1) is 31.9. The van der Waals surface area contributed by atoms with E-state index in [0.717, 1.165) is 79.8 Å². The van der Waals surface area contributed by atoms with Gasteiger partial charge in [0.1, 0.15) is 24.0 Å². The minimum Gasteiger partial charge on any atom is -0.489 e. The summed E-state index contributed by atoms with van der Waals surface area (Å²) < 4.78 is 16.3. The quantitative estimate of drug-likeness (QED) is 0.154. The Morgan fingerprint density at radius 1 is 0.821 bits per heavy atom. The maximum absolute atomic E-state index is 13.7. The van der Waals surface area contributed by atoms with Crippen molar-refractivity contribution in [3.8, 4) is 11.8 Å². The van der Waals surface area contributed by atoms with Gasteiger partial charge in [-0.05, 0) is 93.6 Å². The zero-order valence-corrected chi connectivity index (χ0v) is 39.6. The fraction of sp³-hybridized carbons (Fsp3) is 0.500. The number of hydrogen-bond acceptors (Lipinski definition) is 13. The highest BCUT2D eigenvalue weighted by Crippen LogP contribution is 2.55. The summed E-state index contributed by atoms with van der Waals surface area (Å²) in [5.74, 6) is -1.52. The number of ether oxygens (including phenoxy) is 3. The molecule has 17 heteroatoms. The zero-order valence-electron chi connectivity index (χ0n) is 38.9. The van der Waals surface area contributed by atoms with Crippen LogP contribution >= 0.6 is 11.6 Å². The number of carbonyl (C=O) groups is 6. The minimum atomic E-state index is -1.20. The molecule has 67 heavy (non-hydrogen) atoms. The molecule has 4 fully saturated rings. The van der Waals surface area contributed by atoms with E-state index in [1.807, 2.05) is 30.3 Å². The Balaban J connectivity index is 0.785. The fourth-order valence-corrected chi connectivity index (χ4v) is 11.0. The fourth-order valence-electron chi connectivity index (χ4n) is 10.8. The van der Waals surface area contributed by atoms with E-state index in [4.69, 9.17) is 25.8 Å². The van der Waals surface area contributed by atoms with Gasteiger partial charge >= 0.3 is 6.16 Å². The number of piperazine rings is 1. The van der Waals surface area contributed by atoms with Gasteiger partial charge in [0.25, 0.3) is 23.6 Å². The van der Waals surface area contributed by atoms with Gasteiger partial charge in [-0.3, -0.25) is 33.8 Å². The van der Waals surface area contributed by atoms with Crippen molar-refractivity contribution in [2.45, 2.75) is 91.5 Å². The lowest BCUT2D eigenvalue weighted by Crippen LogP contribution is -2.74. The Morgan fingerprint density at radius 2 is 1.46 bits per heavy atom. The van der Waals surface area contributed by atoms with E-state index in [0.29, 0.717) is 27.8 Å². The van der Waals surface area contributed by atoms with Gasteiger partial charge in [0.15, 0.2) is 6.73 Å². The molecule has 3 aromatic carbocycles. The molecule has 3 saturated heterocycles. The molecular weight excluding hydrogens is 878 g/mol. The van der Waals surface area contributed by atoms with Gasteiger partial charge in [-0.1, -0.05) is 39.3 Å². The summed E-state index contributed by atoms with van der Waals surface area (Å²) >= 11 is 6.26. The van der Waals surface area contributed by atoms with Crippen LogP contribution in [0.4, 0.5) is 16.2 Å². The highest BCUT2D eigenvalue weighted by molar-refractivity contribution is 6.31. The predicted molar refractivity (Wildman–Crippen MR) is 249 cm³/mol. The highest BCUT2D eigenvalue weighted by atomic mass is 35.5. The molecule has 4 aliphatic heterocycles. The van der Waals surface area contributed by atoms with E-state index in [1.54, 1.807) is 44.2 Å². The average Bonchev–Trinajstić information content (AvgIpc) is 3.55. The summed E-state index contributed by atoms with van der Waals surface area (Å²) in [5.41, 5.74) is 2.61. The van der Waals surface area contributed by atoms with Crippen LogP contribution in [0.15, 0.2) is 60.7 Å². The number of rotatable bonds is 12. The van der Waals surface area contributed by atoms with E-state index >= 15 is 0 Å². The Labute approximate surface area is 396 Å². The van der Waals surface area contributed by atoms with Crippen LogP contribution in [-0.4, -0.2) is 127 Å². The molecule has 354 valence electrons. The van der Waals surface area contributed by atoms with Gasteiger partial charge in [-0.2, -0.15) is 5.26 Å². The number of nitriles is 1. The first kappa shape index (κ1) is 47.3.